The Morgan fingerprint density at radius 1 is 1.23 bits per heavy atom. The summed E-state index contributed by atoms with van der Waals surface area (Å²) in [5.74, 6) is -0.263. The molecule has 7 heteroatoms. The number of hydrogen-bond donors (Lipinski definition) is 1. The van der Waals surface area contributed by atoms with E-state index in [1.165, 1.54) is 13.4 Å². The van der Waals surface area contributed by atoms with E-state index in [0.717, 1.165) is 22.6 Å². The van der Waals surface area contributed by atoms with E-state index >= 15 is 0 Å². The number of amides is 1. The largest absolute Gasteiger partial charge is 0.467 e. The van der Waals surface area contributed by atoms with Crippen molar-refractivity contribution in [3.63, 3.8) is 0 Å². The monoisotopic (exact) mass is 403 g/mol. The van der Waals surface area contributed by atoms with Crippen LogP contribution in [0.25, 0.3) is 11.8 Å². The van der Waals surface area contributed by atoms with Crippen LogP contribution < -0.4 is 5.32 Å². The summed E-state index contributed by atoms with van der Waals surface area (Å²) in [6.07, 6.45) is 3.09. The third kappa shape index (κ3) is 4.33. The van der Waals surface area contributed by atoms with E-state index in [2.05, 4.69) is 5.32 Å². The van der Waals surface area contributed by atoms with E-state index in [4.69, 9.17) is 9.15 Å². The number of aryl methyl sites for hydroxylation is 1. The molecule has 1 amide bonds. The Labute approximate surface area is 174 Å². The second-order valence-electron chi connectivity index (χ2n) is 6.63. The van der Waals surface area contributed by atoms with Crippen LogP contribution in [0.3, 0.4) is 0 Å². The van der Waals surface area contributed by atoms with E-state index in [9.17, 15) is 14.9 Å². The summed E-state index contributed by atoms with van der Waals surface area (Å²) < 4.78 is 11.9. The second-order valence-corrected chi connectivity index (χ2v) is 6.63. The molecule has 0 bridgehead atoms. The molecule has 1 aromatic carbocycles. The lowest BCUT2D eigenvalue weighted by Gasteiger charge is -2.10. The molecule has 0 spiro atoms. The number of aromatic nitrogens is 1. The molecule has 3 aromatic rings. The number of nitrogens with one attached hydrogen (secondary N) is 1. The molecule has 0 unspecified atom stereocenters. The maximum atomic E-state index is 12.4. The van der Waals surface area contributed by atoms with Crippen molar-refractivity contribution in [2.45, 2.75) is 20.4 Å². The fraction of sp³-hybridized carbons (Fsp3) is 0.174. The Balaban J connectivity index is 1.85. The van der Waals surface area contributed by atoms with Crippen LogP contribution in [0.15, 0.2) is 58.7 Å². The van der Waals surface area contributed by atoms with Crippen molar-refractivity contribution in [1.82, 2.24) is 9.88 Å². The lowest BCUT2D eigenvalue weighted by molar-refractivity contribution is -0.117. The van der Waals surface area contributed by atoms with Crippen LogP contribution in [0.2, 0.25) is 0 Å². The van der Waals surface area contributed by atoms with E-state index < -0.39 is 11.9 Å². The third-order valence-electron chi connectivity index (χ3n) is 4.69. The molecule has 0 atom stereocenters. The molecule has 3 rings (SSSR count). The van der Waals surface area contributed by atoms with Gasteiger partial charge in [0.25, 0.3) is 5.91 Å². The zero-order chi connectivity index (χ0) is 21.7. The Hall–Kier alpha value is -4.05. The molecule has 0 aliphatic rings. The summed E-state index contributed by atoms with van der Waals surface area (Å²) >= 11 is 0. The van der Waals surface area contributed by atoms with Gasteiger partial charge in [0.15, 0.2) is 0 Å². The van der Waals surface area contributed by atoms with Crippen molar-refractivity contribution in [3.8, 4) is 11.8 Å². The van der Waals surface area contributed by atoms with Crippen LogP contribution in [0.1, 0.15) is 33.1 Å². The summed E-state index contributed by atoms with van der Waals surface area (Å²) in [6.45, 7) is 4.04. The molecule has 0 aliphatic carbocycles. The fourth-order valence-electron chi connectivity index (χ4n) is 3.18. The SMILES string of the molecule is COC(=O)c1ccc(-n2c(C)cc(/C=C(/C#N)C(=O)NCc3ccco3)c2C)cc1. The van der Waals surface area contributed by atoms with Gasteiger partial charge in [-0.05, 0) is 68.0 Å². The number of esters is 1. The molecule has 0 fully saturated rings. The highest BCUT2D eigenvalue weighted by Crippen LogP contribution is 2.23. The molecular formula is C23H21N3O4. The Kier molecular flexibility index (Phi) is 6.18. The lowest BCUT2D eigenvalue weighted by atomic mass is 10.1. The van der Waals surface area contributed by atoms with Crippen molar-refractivity contribution in [2.75, 3.05) is 7.11 Å². The minimum absolute atomic E-state index is 0.00263. The highest BCUT2D eigenvalue weighted by Gasteiger charge is 2.14. The first kappa shape index (κ1) is 20.7. The van der Waals surface area contributed by atoms with E-state index in [1.54, 1.807) is 30.3 Å². The van der Waals surface area contributed by atoms with E-state index in [-0.39, 0.29) is 12.1 Å². The zero-order valence-corrected chi connectivity index (χ0v) is 16.9. The second kappa shape index (κ2) is 8.97. The molecule has 152 valence electrons. The number of ether oxygens (including phenoxy) is 1. The van der Waals surface area contributed by atoms with Gasteiger partial charge in [-0.1, -0.05) is 0 Å². The lowest BCUT2D eigenvalue weighted by Crippen LogP contribution is -2.23. The van der Waals surface area contributed by atoms with Crippen LogP contribution in [0.4, 0.5) is 0 Å². The molecule has 0 saturated heterocycles. The Bertz CT molecular complexity index is 1130. The maximum Gasteiger partial charge on any atom is 0.337 e. The van der Waals surface area contributed by atoms with E-state index in [0.29, 0.717) is 11.3 Å². The number of nitrogens with zero attached hydrogens (tertiary/aromatic N) is 2. The highest BCUT2D eigenvalue weighted by molar-refractivity contribution is 6.01. The highest BCUT2D eigenvalue weighted by atomic mass is 16.5. The molecular weight excluding hydrogens is 382 g/mol. The van der Waals surface area contributed by atoms with Gasteiger partial charge < -0.3 is 19.0 Å². The summed E-state index contributed by atoms with van der Waals surface area (Å²) in [5, 5.41) is 12.1. The van der Waals surface area contributed by atoms with Gasteiger partial charge in [-0.2, -0.15) is 5.26 Å². The van der Waals surface area contributed by atoms with Crippen molar-refractivity contribution < 1.29 is 18.7 Å². The van der Waals surface area contributed by atoms with Crippen molar-refractivity contribution in [2.24, 2.45) is 0 Å². The van der Waals surface area contributed by atoms with Crippen molar-refractivity contribution in [3.05, 3.63) is 82.6 Å². The van der Waals surface area contributed by atoms with Gasteiger partial charge in [0.05, 0.1) is 25.5 Å². The minimum Gasteiger partial charge on any atom is -0.467 e. The number of carbonyl (C=O) groups is 2. The number of rotatable bonds is 6. The molecule has 0 saturated carbocycles. The smallest absolute Gasteiger partial charge is 0.337 e. The van der Waals surface area contributed by atoms with Crippen molar-refractivity contribution in [1.29, 1.82) is 5.26 Å². The first-order chi connectivity index (χ1) is 14.4. The molecule has 7 nitrogen and oxygen atoms in total. The predicted octanol–water partition coefficient (Wildman–Crippen LogP) is 3.70. The Morgan fingerprint density at radius 2 is 1.97 bits per heavy atom. The first-order valence-electron chi connectivity index (χ1n) is 9.24. The third-order valence-corrected chi connectivity index (χ3v) is 4.69. The number of carbonyl (C=O) groups excluding carboxylic acids is 2. The summed E-state index contributed by atoms with van der Waals surface area (Å²) in [7, 11) is 1.34. The van der Waals surface area contributed by atoms with Gasteiger partial charge in [-0.25, -0.2) is 4.79 Å². The average molecular weight is 403 g/mol. The standard InChI is InChI=1S/C23H21N3O4/c1-15-11-18(12-19(13-24)22(27)25-14-21-5-4-10-30-21)16(2)26(15)20-8-6-17(7-9-20)23(28)29-3/h4-12H,14H2,1-3H3,(H,25,27)/b19-12-. The Morgan fingerprint density at radius 3 is 2.57 bits per heavy atom. The topological polar surface area (TPSA) is 97.3 Å². The van der Waals surface area contributed by atoms with Gasteiger partial charge in [-0.3, -0.25) is 4.79 Å². The fourth-order valence-corrected chi connectivity index (χ4v) is 3.18. The maximum absolute atomic E-state index is 12.4. The molecule has 0 radical (unpaired) electrons. The van der Waals surface area contributed by atoms with Crippen molar-refractivity contribution >= 4 is 18.0 Å². The van der Waals surface area contributed by atoms with Gasteiger partial charge >= 0.3 is 5.97 Å². The van der Waals surface area contributed by atoms with Gasteiger partial charge in [0.1, 0.15) is 17.4 Å². The summed E-state index contributed by atoms with van der Waals surface area (Å²) in [6, 6.07) is 14.4. The minimum atomic E-state index is -0.471. The number of hydrogen-bond acceptors (Lipinski definition) is 5. The number of nitriles is 1. The van der Waals surface area contributed by atoms with Crippen LogP contribution in [-0.2, 0) is 16.1 Å². The number of methoxy groups -OCH3 is 1. The van der Waals surface area contributed by atoms with Crippen LogP contribution in [-0.4, -0.2) is 23.6 Å². The molecule has 2 heterocycles. The number of benzene rings is 1. The van der Waals surface area contributed by atoms with E-state index in [1.807, 2.05) is 42.7 Å². The van der Waals surface area contributed by atoms with Gasteiger partial charge in [-0.15, -0.1) is 0 Å². The van der Waals surface area contributed by atoms with Crippen LogP contribution in [0, 0.1) is 25.2 Å². The molecule has 30 heavy (non-hydrogen) atoms. The molecule has 0 aliphatic heterocycles. The molecule has 2 aromatic heterocycles. The first-order valence-corrected chi connectivity index (χ1v) is 9.24. The predicted molar refractivity (Wildman–Crippen MR) is 111 cm³/mol. The summed E-state index contributed by atoms with van der Waals surface area (Å²) in [5.41, 5.74) is 3.88. The average Bonchev–Trinajstić information content (AvgIpc) is 3.37. The normalized spacial score (nSPS) is 11.1. The van der Waals surface area contributed by atoms with Gasteiger partial charge in [0, 0.05) is 17.1 Å². The van der Waals surface area contributed by atoms with Crippen LogP contribution in [0.5, 0.6) is 0 Å². The number of furan rings is 1. The zero-order valence-electron chi connectivity index (χ0n) is 16.9. The summed E-state index contributed by atoms with van der Waals surface area (Å²) in [4.78, 5) is 24.0. The van der Waals surface area contributed by atoms with Crippen LogP contribution >= 0.6 is 0 Å². The quantitative estimate of drug-likeness (QED) is 0.385. The van der Waals surface area contributed by atoms with Gasteiger partial charge in [0.2, 0.25) is 0 Å². The molecule has 1 N–H and O–H groups in total.